The molecule has 6 heteroatoms. The number of carbonyl (C=O) groups is 2. The van der Waals surface area contributed by atoms with Crippen LogP contribution in [0, 0.1) is 30.6 Å². The molecule has 5 nitrogen and oxygen atoms in total. The zero-order valence-corrected chi connectivity index (χ0v) is 21.3. The van der Waals surface area contributed by atoms with Crippen LogP contribution in [-0.2, 0) is 19.1 Å². The summed E-state index contributed by atoms with van der Waals surface area (Å²) in [7, 11) is 0. The molecule has 0 aliphatic heterocycles. The number of aromatic nitrogens is 1. The van der Waals surface area contributed by atoms with Gasteiger partial charge in [0, 0.05) is 31.2 Å². The third kappa shape index (κ3) is 7.39. The number of carbonyl (C=O) groups excluding carboxylic acids is 2. The molecule has 0 aromatic carbocycles. The van der Waals surface area contributed by atoms with Crippen molar-refractivity contribution in [1.82, 2.24) is 4.98 Å². The lowest BCUT2D eigenvalue weighted by Gasteiger charge is -2.42. The van der Waals surface area contributed by atoms with Crippen LogP contribution >= 0.6 is 11.3 Å². The van der Waals surface area contributed by atoms with Crippen LogP contribution in [-0.4, -0.2) is 29.1 Å². The Morgan fingerprint density at radius 2 is 1.79 bits per heavy atom. The maximum atomic E-state index is 12.6. The monoisotopic (exact) mass is 471 g/mol. The van der Waals surface area contributed by atoms with E-state index in [1.54, 1.807) is 17.4 Å². The molecular weight excluding hydrogens is 434 g/mol. The van der Waals surface area contributed by atoms with E-state index in [1.807, 2.05) is 12.3 Å². The molecule has 1 aromatic rings. The molecule has 1 aromatic heterocycles. The number of hydrogen-bond donors (Lipinski definition) is 0. The molecule has 0 fully saturated rings. The predicted octanol–water partition coefficient (Wildman–Crippen LogP) is 6.29. The normalized spacial score (nSPS) is 29.3. The van der Waals surface area contributed by atoms with Crippen LogP contribution in [0.2, 0.25) is 0 Å². The SMILES string of the molecule is CC(=O)O[C@@H]1C/C=C\C[C@@H](OC(=O)/C=C/c2csc(C)n2)C[C@H]2C(C)=CC[C@H](C(C)C)[C@H]2C1. The lowest BCUT2D eigenvalue weighted by Crippen LogP contribution is -2.37. The van der Waals surface area contributed by atoms with Gasteiger partial charge in [0.1, 0.15) is 12.2 Å². The van der Waals surface area contributed by atoms with Crippen molar-refractivity contribution in [2.75, 3.05) is 0 Å². The van der Waals surface area contributed by atoms with Gasteiger partial charge in [-0.15, -0.1) is 11.3 Å². The van der Waals surface area contributed by atoms with Crippen LogP contribution in [0.3, 0.4) is 0 Å². The van der Waals surface area contributed by atoms with Gasteiger partial charge in [0.25, 0.3) is 0 Å². The van der Waals surface area contributed by atoms with Crippen molar-refractivity contribution < 1.29 is 19.1 Å². The zero-order valence-electron chi connectivity index (χ0n) is 20.5. The molecule has 33 heavy (non-hydrogen) atoms. The van der Waals surface area contributed by atoms with Crippen LogP contribution < -0.4 is 0 Å². The summed E-state index contributed by atoms with van der Waals surface area (Å²) in [5.74, 6) is 1.19. The van der Waals surface area contributed by atoms with Crippen LogP contribution in [0.4, 0.5) is 0 Å². The molecule has 0 spiro atoms. The summed E-state index contributed by atoms with van der Waals surface area (Å²) in [6.07, 6.45) is 13.4. The lowest BCUT2D eigenvalue weighted by atomic mass is 9.64. The molecule has 0 radical (unpaired) electrons. The van der Waals surface area contributed by atoms with Gasteiger partial charge in [0.05, 0.1) is 10.7 Å². The molecule has 0 saturated carbocycles. The Morgan fingerprint density at radius 1 is 1.09 bits per heavy atom. The second kappa shape index (κ2) is 11.8. The largest absolute Gasteiger partial charge is 0.462 e. The Kier molecular flexibility index (Phi) is 9.07. The number of fused-ring (bicyclic) bond motifs is 1. The number of aryl methyl sites for hydroxylation is 1. The van der Waals surface area contributed by atoms with Crippen LogP contribution in [0.1, 0.15) is 70.5 Å². The zero-order chi connectivity index (χ0) is 24.0. The van der Waals surface area contributed by atoms with Gasteiger partial charge in [-0.25, -0.2) is 9.78 Å². The van der Waals surface area contributed by atoms with Gasteiger partial charge in [-0.3, -0.25) is 4.79 Å². The fourth-order valence-corrected chi connectivity index (χ4v) is 5.85. The predicted molar refractivity (Wildman–Crippen MR) is 133 cm³/mol. The van der Waals surface area contributed by atoms with Crippen molar-refractivity contribution in [1.29, 1.82) is 0 Å². The molecule has 1 heterocycles. The second-order valence-electron chi connectivity index (χ2n) is 9.69. The van der Waals surface area contributed by atoms with Crippen molar-refractivity contribution in [3.8, 4) is 0 Å². The quantitative estimate of drug-likeness (QED) is 0.287. The van der Waals surface area contributed by atoms with E-state index in [9.17, 15) is 9.59 Å². The average molecular weight is 472 g/mol. The third-order valence-corrected chi connectivity index (χ3v) is 7.67. The highest BCUT2D eigenvalue weighted by molar-refractivity contribution is 7.09. The lowest BCUT2D eigenvalue weighted by molar-refractivity contribution is -0.148. The molecule has 5 atom stereocenters. The Hall–Kier alpha value is -2.21. The molecule has 0 amide bonds. The first-order valence-electron chi connectivity index (χ1n) is 12.0. The molecule has 0 bridgehead atoms. The molecule has 0 unspecified atom stereocenters. The van der Waals surface area contributed by atoms with Gasteiger partial charge in [0.15, 0.2) is 0 Å². The van der Waals surface area contributed by atoms with E-state index in [0.29, 0.717) is 36.5 Å². The minimum Gasteiger partial charge on any atom is -0.462 e. The first kappa shape index (κ1) is 25.4. The number of rotatable bonds is 5. The van der Waals surface area contributed by atoms with Crippen molar-refractivity contribution >= 4 is 29.4 Å². The summed E-state index contributed by atoms with van der Waals surface area (Å²) < 4.78 is 11.6. The number of esters is 2. The first-order chi connectivity index (χ1) is 15.7. The third-order valence-electron chi connectivity index (χ3n) is 6.88. The van der Waals surface area contributed by atoms with Gasteiger partial charge in [-0.05, 0) is 62.9 Å². The van der Waals surface area contributed by atoms with Gasteiger partial charge >= 0.3 is 11.9 Å². The van der Waals surface area contributed by atoms with Crippen LogP contribution in [0.5, 0.6) is 0 Å². The molecular formula is C27H37NO4S. The van der Waals surface area contributed by atoms with Crippen molar-refractivity contribution in [2.45, 2.75) is 78.9 Å². The smallest absolute Gasteiger partial charge is 0.331 e. The molecule has 3 rings (SSSR count). The van der Waals surface area contributed by atoms with Crippen LogP contribution in [0.15, 0.2) is 35.3 Å². The summed E-state index contributed by atoms with van der Waals surface area (Å²) in [4.78, 5) is 28.7. The van der Waals surface area contributed by atoms with E-state index in [0.717, 1.165) is 30.0 Å². The number of nitrogens with zero attached hydrogens (tertiary/aromatic N) is 1. The van der Waals surface area contributed by atoms with E-state index in [1.165, 1.54) is 18.6 Å². The molecule has 2 aliphatic rings. The van der Waals surface area contributed by atoms with E-state index in [2.05, 4.69) is 44.0 Å². The molecule has 0 N–H and O–H groups in total. The van der Waals surface area contributed by atoms with Crippen molar-refractivity contribution in [2.24, 2.45) is 23.7 Å². The van der Waals surface area contributed by atoms with E-state index >= 15 is 0 Å². The fourth-order valence-electron chi connectivity index (χ4n) is 5.27. The van der Waals surface area contributed by atoms with Gasteiger partial charge in [-0.2, -0.15) is 0 Å². The summed E-state index contributed by atoms with van der Waals surface area (Å²) in [5, 5.41) is 2.90. The fraction of sp³-hybridized carbons (Fsp3) is 0.593. The van der Waals surface area contributed by atoms with Gasteiger partial charge in [-0.1, -0.05) is 37.6 Å². The highest BCUT2D eigenvalue weighted by Gasteiger charge is 2.38. The van der Waals surface area contributed by atoms with E-state index < -0.39 is 0 Å². The Bertz CT molecular complexity index is 913. The number of thiazole rings is 1. The Labute approximate surface area is 202 Å². The van der Waals surface area contributed by atoms with Crippen molar-refractivity contribution in [3.63, 3.8) is 0 Å². The number of hydrogen-bond acceptors (Lipinski definition) is 6. The summed E-state index contributed by atoms with van der Waals surface area (Å²) in [6.45, 7) is 10.2. The van der Waals surface area contributed by atoms with Gasteiger partial charge < -0.3 is 9.47 Å². The summed E-state index contributed by atoms with van der Waals surface area (Å²) >= 11 is 1.56. The summed E-state index contributed by atoms with van der Waals surface area (Å²) in [6, 6.07) is 0. The highest BCUT2D eigenvalue weighted by atomic mass is 32.1. The highest BCUT2D eigenvalue weighted by Crippen LogP contribution is 2.44. The molecule has 180 valence electrons. The summed E-state index contributed by atoms with van der Waals surface area (Å²) in [5.41, 5.74) is 2.14. The number of allylic oxidation sites excluding steroid dienone is 2. The Morgan fingerprint density at radius 3 is 2.39 bits per heavy atom. The minimum atomic E-state index is -0.330. The Balaban J connectivity index is 1.79. The minimum absolute atomic E-state index is 0.109. The average Bonchev–Trinajstić information content (AvgIpc) is 3.16. The second-order valence-corrected chi connectivity index (χ2v) is 10.8. The topological polar surface area (TPSA) is 65.5 Å². The first-order valence-corrected chi connectivity index (χ1v) is 12.9. The standard InChI is InChI=1S/C27H37NO4S/c1-17(2)24-12-10-18(3)25-14-23(32-27(30)13-11-21-16-33-19(4)28-21)9-7-6-8-22(15-26(24)25)31-20(5)29/h6-7,10-11,13,16-17,22-26H,8-9,12,14-15H2,1-5H3/b7-6-,13-11+/t22-,23-,24-,25+,26-/m1/s1. The van der Waals surface area contributed by atoms with Gasteiger partial charge in [0.2, 0.25) is 0 Å². The molecule has 0 saturated heterocycles. The van der Waals surface area contributed by atoms with E-state index in [4.69, 9.17) is 9.47 Å². The molecule has 2 aliphatic carbocycles. The maximum absolute atomic E-state index is 12.6. The maximum Gasteiger partial charge on any atom is 0.331 e. The van der Waals surface area contributed by atoms with Crippen LogP contribution in [0.25, 0.3) is 6.08 Å². The van der Waals surface area contributed by atoms with E-state index in [-0.39, 0.29) is 24.1 Å². The number of ether oxygens (including phenoxy) is 2. The van der Waals surface area contributed by atoms with Crippen molar-refractivity contribution in [3.05, 3.63) is 46.0 Å².